The summed E-state index contributed by atoms with van der Waals surface area (Å²) in [6.45, 7) is 7.28. The molecule has 0 bridgehead atoms. The Balaban J connectivity index is 2.61. The van der Waals surface area contributed by atoms with E-state index in [1.54, 1.807) is 11.3 Å². The van der Waals surface area contributed by atoms with Crippen molar-refractivity contribution in [3.63, 3.8) is 0 Å². The van der Waals surface area contributed by atoms with Crippen LogP contribution in [0.25, 0.3) is 0 Å². The maximum absolute atomic E-state index is 5.61. The Labute approximate surface area is 107 Å². The normalized spacial score (nSPS) is 13.2. The first-order valence-corrected chi connectivity index (χ1v) is 6.90. The summed E-state index contributed by atoms with van der Waals surface area (Å²) in [6, 6.07) is 0.136. The molecule has 1 rings (SSSR count). The molecule has 0 saturated heterocycles. The van der Waals surface area contributed by atoms with Crippen LogP contribution < -0.4 is 5.32 Å². The van der Waals surface area contributed by atoms with E-state index < -0.39 is 0 Å². The Morgan fingerprint density at radius 3 is 2.41 bits per heavy atom. The predicted molar refractivity (Wildman–Crippen MR) is 70.4 cm³/mol. The van der Waals surface area contributed by atoms with Gasteiger partial charge in [0.1, 0.15) is 0 Å². The number of hydrogen-bond acceptors (Lipinski definition) is 5. The van der Waals surface area contributed by atoms with E-state index in [0.29, 0.717) is 13.2 Å². The topological polar surface area (TPSA) is 43.4 Å². The van der Waals surface area contributed by atoms with Crippen LogP contribution in [0.1, 0.15) is 24.5 Å². The molecule has 1 N–H and O–H groups in total. The highest BCUT2D eigenvalue weighted by molar-refractivity contribution is 7.09. The lowest BCUT2D eigenvalue weighted by molar-refractivity contribution is -0.152. The molecular formula is C12H22N2O2S. The Bertz CT molecular complexity index is 311. The van der Waals surface area contributed by atoms with Crippen LogP contribution in [-0.4, -0.2) is 37.6 Å². The fourth-order valence-corrected chi connectivity index (χ4v) is 2.30. The van der Waals surface area contributed by atoms with Gasteiger partial charge in [-0.2, -0.15) is 0 Å². The highest BCUT2D eigenvalue weighted by Gasteiger charge is 2.21. The molecule has 0 radical (unpaired) electrons. The third-order valence-corrected chi connectivity index (χ3v) is 3.28. The van der Waals surface area contributed by atoms with Crippen LogP contribution in [0, 0.1) is 6.92 Å². The summed E-state index contributed by atoms with van der Waals surface area (Å²) in [5.74, 6) is 0. The molecule has 0 saturated carbocycles. The second kappa shape index (κ2) is 7.76. The first-order valence-electron chi connectivity index (χ1n) is 6.02. The lowest BCUT2D eigenvalue weighted by Gasteiger charge is -2.25. The predicted octanol–water partition coefficient (Wildman–Crippen LogP) is 1.98. The molecule has 1 aromatic heterocycles. The average Bonchev–Trinajstić information content (AvgIpc) is 2.72. The van der Waals surface area contributed by atoms with Gasteiger partial charge in [0.15, 0.2) is 6.29 Å². The summed E-state index contributed by atoms with van der Waals surface area (Å²) >= 11 is 1.67. The molecular weight excluding hydrogens is 236 g/mol. The number of thiazole rings is 1. The van der Waals surface area contributed by atoms with Gasteiger partial charge >= 0.3 is 0 Å². The number of hydrogen-bond donors (Lipinski definition) is 1. The van der Waals surface area contributed by atoms with E-state index in [2.05, 4.69) is 15.7 Å². The number of nitrogens with zero attached hydrogens (tertiary/aromatic N) is 1. The molecule has 0 aliphatic carbocycles. The minimum Gasteiger partial charge on any atom is -0.351 e. The van der Waals surface area contributed by atoms with E-state index >= 15 is 0 Å². The Morgan fingerprint density at radius 2 is 2.00 bits per heavy atom. The molecule has 4 nitrogen and oxygen atoms in total. The minimum absolute atomic E-state index is 0.136. The molecule has 5 heteroatoms. The van der Waals surface area contributed by atoms with Crippen molar-refractivity contribution < 1.29 is 9.47 Å². The smallest absolute Gasteiger partial charge is 0.173 e. The Hall–Kier alpha value is -0.490. The molecule has 17 heavy (non-hydrogen) atoms. The largest absolute Gasteiger partial charge is 0.351 e. The lowest BCUT2D eigenvalue weighted by atomic mass is 10.1. The van der Waals surface area contributed by atoms with Gasteiger partial charge in [0, 0.05) is 25.0 Å². The van der Waals surface area contributed by atoms with Gasteiger partial charge in [-0.25, -0.2) is 4.98 Å². The van der Waals surface area contributed by atoms with Crippen molar-refractivity contribution in [2.24, 2.45) is 0 Å². The van der Waals surface area contributed by atoms with Crippen LogP contribution in [0.5, 0.6) is 0 Å². The SMILES string of the molecule is CCOC(OCC)C(Cc1csc(C)n1)NC. The summed E-state index contributed by atoms with van der Waals surface area (Å²) < 4.78 is 11.2. The van der Waals surface area contributed by atoms with E-state index in [-0.39, 0.29) is 12.3 Å². The highest BCUT2D eigenvalue weighted by atomic mass is 32.1. The van der Waals surface area contributed by atoms with Crippen LogP contribution in [0.4, 0.5) is 0 Å². The Kier molecular flexibility index (Phi) is 6.65. The second-order valence-electron chi connectivity index (χ2n) is 3.74. The number of aromatic nitrogens is 1. The van der Waals surface area contributed by atoms with E-state index in [1.807, 2.05) is 27.8 Å². The number of rotatable bonds is 8. The van der Waals surface area contributed by atoms with Gasteiger partial charge in [-0.3, -0.25) is 0 Å². The number of nitrogens with one attached hydrogen (secondary N) is 1. The summed E-state index contributed by atoms with van der Waals surface area (Å²) in [4.78, 5) is 4.47. The van der Waals surface area contributed by atoms with Crippen LogP contribution in [0.3, 0.4) is 0 Å². The van der Waals surface area contributed by atoms with Gasteiger partial charge in [-0.1, -0.05) is 0 Å². The molecule has 0 spiro atoms. The van der Waals surface area contributed by atoms with Crippen molar-refractivity contribution in [2.75, 3.05) is 20.3 Å². The molecule has 0 aliphatic rings. The summed E-state index contributed by atoms with van der Waals surface area (Å²) in [5, 5.41) is 6.43. The van der Waals surface area contributed by atoms with Crippen LogP contribution in [0.2, 0.25) is 0 Å². The van der Waals surface area contributed by atoms with E-state index in [9.17, 15) is 0 Å². The second-order valence-corrected chi connectivity index (χ2v) is 4.80. The van der Waals surface area contributed by atoms with E-state index in [1.165, 1.54) is 0 Å². The fraction of sp³-hybridized carbons (Fsp3) is 0.750. The molecule has 0 aliphatic heterocycles. The molecule has 98 valence electrons. The van der Waals surface area contributed by atoms with Gasteiger partial charge < -0.3 is 14.8 Å². The maximum Gasteiger partial charge on any atom is 0.173 e. The average molecular weight is 258 g/mol. The molecule has 1 atom stereocenters. The molecule has 0 fully saturated rings. The van der Waals surface area contributed by atoms with Gasteiger partial charge in [0.25, 0.3) is 0 Å². The fourth-order valence-electron chi connectivity index (χ4n) is 1.67. The zero-order chi connectivity index (χ0) is 12.7. The molecule has 1 heterocycles. The van der Waals surface area contributed by atoms with Crippen molar-refractivity contribution in [3.8, 4) is 0 Å². The van der Waals surface area contributed by atoms with Crippen LogP contribution in [0.15, 0.2) is 5.38 Å². The quantitative estimate of drug-likeness (QED) is 0.724. The van der Waals surface area contributed by atoms with Gasteiger partial charge in [0.05, 0.1) is 16.7 Å². The van der Waals surface area contributed by atoms with Crippen LogP contribution in [-0.2, 0) is 15.9 Å². The molecule has 0 amide bonds. The highest BCUT2D eigenvalue weighted by Crippen LogP contribution is 2.13. The Morgan fingerprint density at radius 1 is 1.35 bits per heavy atom. The first kappa shape index (κ1) is 14.6. The lowest BCUT2D eigenvalue weighted by Crippen LogP contribution is -2.43. The van der Waals surface area contributed by atoms with Gasteiger partial charge in [-0.15, -0.1) is 11.3 Å². The zero-order valence-electron chi connectivity index (χ0n) is 11.0. The molecule has 0 aromatic carbocycles. The van der Waals surface area contributed by atoms with Crippen molar-refractivity contribution >= 4 is 11.3 Å². The standard InChI is InChI=1S/C12H22N2O2S/c1-5-15-12(16-6-2)11(13-4)7-10-8-17-9(3)14-10/h8,11-13H,5-7H2,1-4H3. The van der Waals surface area contributed by atoms with Gasteiger partial charge in [0.2, 0.25) is 0 Å². The third-order valence-electron chi connectivity index (χ3n) is 2.46. The summed E-state index contributed by atoms with van der Waals surface area (Å²) in [5.41, 5.74) is 1.09. The molecule has 1 unspecified atom stereocenters. The van der Waals surface area contributed by atoms with E-state index in [0.717, 1.165) is 17.1 Å². The number of ether oxygens (including phenoxy) is 2. The maximum atomic E-state index is 5.61. The summed E-state index contributed by atoms with van der Waals surface area (Å²) in [7, 11) is 1.93. The zero-order valence-corrected chi connectivity index (χ0v) is 11.8. The van der Waals surface area contributed by atoms with Crippen molar-refractivity contribution in [3.05, 3.63) is 16.1 Å². The van der Waals surface area contributed by atoms with Crippen molar-refractivity contribution in [1.29, 1.82) is 0 Å². The first-order chi connectivity index (χ1) is 8.21. The number of likely N-dealkylation sites (N-methyl/N-ethyl adjacent to an activating group) is 1. The van der Waals surface area contributed by atoms with E-state index in [4.69, 9.17) is 9.47 Å². The van der Waals surface area contributed by atoms with Crippen LogP contribution >= 0.6 is 11.3 Å². The monoisotopic (exact) mass is 258 g/mol. The minimum atomic E-state index is -0.211. The molecule has 1 aromatic rings. The number of aryl methyl sites for hydroxylation is 1. The van der Waals surface area contributed by atoms with Crippen molar-refractivity contribution in [2.45, 2.75) is 39.5 Å². The third kappa shape index (κ3) is 4.71. The van der Waals surface area contributed by atoms with Crippen molar-refractivity contribution in [1.82, 2.24) is 10.3 Å². The summed E-state index contributed by atoms with van der Waals surface area (Å²) in [6.07, 6.45) is 0.614. The van der Waals surface area contributed by atoms with Gasteiger partial charge in [-0.05, 0) is 27.8 Å².